The van der Waals surface area contributed by atoms with E-state index in [1.54, 1.807) is 35.0 Å². The van der Waals surface area contributed by atoms with Gasteiger partial charge in [0.15, 0.2) is 5.82 Å². The van der Waals surface area contributed by atoms with Gasteiger partial charge in [0.05, 0.1) is 17.9 Å². The predicted octanol–water partition coefficient (Wildman–Crippen LogP) is 2.08. The molecule has 3 aromatic rings. The number of carbonyl (C=O) groups excluding carboxylic acids is 1. The van der Waals surface area contributed by atoms with Crippen LogP contribution in [0.3, 0.4) is 0 Å². The molecule has 32 heavy (non-hydrogen) atoms. The van der Waals surface area contributed by atoms with Crippen LogP contribution in [-0.2, 0) is 11.3 Å². The Kier molecular flexibility index (Phi) is 5.79. The van der Waals surface area contributed by atoms with Crippen molar-refractivity contribution >= 4 is 23.4 Å². The molecule has 0 aliphatic carbocycles. The molecule has 1 aliphatic rings. The molecule has 2 atom stereocenters. The summed E-state index contributed by atoms with van der Waals surface area (Å²) in [5.74, 6) is 0.913. The number of aryl methyl sites for hydroxylation is 1. The van der Waals surface area contributed by atoms with E-state index in [2.05, 4.69) is 20.4 Å². The SMILES string of the molecule is Cc1nc(NCc2cnn([C@@H](CN)c3ccc(F)cc3)c2)nc2c1N(C)C(=O)[C@H](C)N2C. The fourth-order valence-electron chi connectivity index (χ4n) is 3.91. The van der Waals surface area contributed by atoms with Crippen LogP contribution >= 0.6 is 0 Å². The zero-order valence-electron chi connectivity index (χ0n) is 18.6. The van der Waals surface area contributed by atoms with Gasteiger partial charge in [-0.15, -0.1) is 0 Å². The number of nitrogens with one attached hydrogen (secondary N) is 1. The summed E-state index contributed by atoms with van der Waals surface area (Å²) in [7, 11) is 3.61. The lowest BCUT2D eigenvalue weighted by molar-refractivity contribution is -0.119. The molecular weight excluding hydrogens is 411 g/mol. The molecule has 9 nitrogen and oxygen atoms in total. The quantitative estimate of drug-likeness (QED) is 0.607. The number of hydrogen-bond acceptors (Lipinski definition) is 7. The van der Waals surface area contributed by atoms with E-state index in [1.165, 1.54) is 12.1 Å². The van der Waals surface area contributed by atoms with Crippen LogP contribution < -0.4 is 20.9 Å². The number of nitrogens with two attached hydrogens (primary N) is 1. The van der Waals surface area contributed by atoms with Gasteiger partial charge in [-0.25, -0.2) is 9.37 Å². The van der Waals surface area contributed by atoms with Gasteiger partial charge in [0, 0.05) is 38.9 Å². The van der Waals surface area contributed by atoms with Gasteiger partial charge < -0.3 is 20.9 Å². The molecule has 1 aromatic carbocycles. The van der Waals surface area contributed by atoms with Crippen molar-refractivity contribution < 1.29 is 9.18 Å². The maximum absolute atomic E-state index is 13.2. The van der Waals surface area contributed by atoms with Crippen molar-refractivity contribution in [1.82, 2.24) is 19.7 Å². The van der Waals surface area contributed by atoms with Crippen molar-refractivity contribution in [2.45, 2.75) is 32.5 Å². The highest BCUT2D eigenvalue weighted by molar-refractivity contribution is 6.04. The Hall–Kier alpha value is -3.53. The molecule has 0 bridgehead atoms. The summed E-state index contributed by atoms with van der Waals surface area (Å²) in [5.41, 5.74) is 9.22. The zero-order valence-corrected chi connectivity index (χ0v) is 18.6. The number of carbonyl (C=O) groups is 1. The van der Waals surface area contributed by atoms with E-state index in [0.29, 0.717) is 24.9 Å². The van der Waals surface area contributed by atoms with Gasteiger partial charge in [-0.1, -0.05) is 12.1 Å². The Morgan fingerprint density at radius 1 is 1.22 bits per heavy atom. The van der Waals surface area contributed by atoms with Gasteiger partial charge in [0.2, 0.25) is 11.9 Å². The molecular formula is C22H27FN8O. The highest BCUT2D eigenvalue weighted by Gasteiger charge is 2.34. The maximum atomic E-state index is 13.2. The summed E-state index contributed by atoms with van der Waals surface area (Å²) < 4.78 is 15.0. The second-order valence-corrected chi connectivity index (χ2v) is 7.97. The molecule has 2 aromatic heterocycles. The second-order valence-electron chi connectivity index (χ2n) is 7.97. The highest BCUT2D eigenvalue weighted by Crippen LogP contribution is 2.35. The van der Waals surface area contributed by atoms with Crippen LogP contribution in [0.5, 0.6) is 0 Å². The molecule has 0 saturated heterocycles. The largest absolute Gasteiger partial charge is 0.350 e. The Labute approximate surface area is 186 Å². The maximum Gasteiger partial charge on any atom is 0.249 e. The summed E-state index contributed by atoms with van der Waals surface area (Å²) in [4.78, 5) is 25.1. The molecule has 3 heterocycles. The molecule has 0 saturated carbocycles. The van der Waals surface area contributed by atoms with E-state index >= 15 is 0 Å². The standard InChI is InChI=1S/C22H27FN8O/c1-13-19-20(29(3)14(2)21(32)30(19)4)28-22(27-13)25-10-15-11-26-31(12-15)18(9-24)16-5-7-17(23)8-6-16/h5-8,11-12,14,18H,9-10,24H2,1-4H3,(H,25,27,28)/t14-,18-/m0/s1. The van der Waals surface area contributed by atoms with Gasteiger partial charge in [0.1, 0.15) is 17.5 Å². The number of likely N-dealkylation sites (N-methyl/N-ethyl adjacent to an activating group) is 2. The van der Waals surface area contributed by atoms with E-state index in [9.17, 15) is 9.18 Å². The van der Waals surface area contributed by atoms with E-state index < -0.39 is 0 Å². The second kappa shape index (κ2) is 8.54. The molecule has 3 N–H and O–H groups in total. The van der Waals surface area contributed by atoms with Crippen molar-refractivity contribution in [3.05, 3.63) is 59.3 Å². The first kappa shape index (κ1) is 21.7. The van der Waals surface area contributed by atoms with Gasteiger partial charge in [0.25, 0.3) is 0 Å². The first-order valence-corrected chi connectivity index (χ1v) is 10.4. The van der Waals surface area contributed by atoms with E-state index in [0.717, 1.165) is 22.5 Å². The normalized spacial score (nSPS) is 16.8. The van der Waals surface area contributed by atoms with Gasteiger partial charge in [-0.2, -0.15) is 10.1 Å². The number of anilines is 3. The summed E-state index contributed by atoms with van der Waals surface area (Å²) in [5, 5.41) is 7.68. The van der Waals surface area contributed by atoms with Crippen LogP contribution in [0.2, 0.25) is 0 Å². The van der Waals surface area contributed by atoms with Gasteiger partial charge >= 0.3 is 0 Å². The smallest absolute Gasteiger partial charge is 0.249 e. The zero-order chi connectivity index (χ0) is 23.0. The highest BCUT2D eigenvalue weighted by atomic mass is 19.1. The fraction of sp³-hybridized carbons (Fsp3) is 0.364. The number of aromatic nitrogens is 4. The number of rotatable bonds is 6. The van der Waals surface area contributed by atoms with Crippen molar-refractivity contribution in [1.29, 1.82) is 0 Å². The summed E-state index contributed by atoms with van der Waals surface area (Å²) in [6.07, 6.45) is 3.66. The lowest BCUT2D eigenvalue weighted by Gasteiger charge is -2.37. The molecule has 1 amide bonds. The molecule has 0 spiro atoms. The van der Waals surface area contributed by atoms with Crippen LogP contribution in [0, 0.1) is 12.7 Å². The monoisotopic (exact) mass is 438 g/mol. The molecule has 1 aliphatic heterocycles. The number of nitrogens with zero attached hydrogens (tertiary/aromatic N) is 6. The summed E-state index contributed by atoms with van der Waals surface area (Å²) in [6.45, 7) is 4.53. The average Bonchev–Trinajstić information content (AvgIpc) is 3.25. The Morgan fingerprint density at radius 3 is 2.62 bits per heavy atom. The molecule has 4 rings (SSSR count). The molecule has 0 unspecified atom stereocenters. The number of halogens is 1. The topological polar surface area (TPSA) is 105 Å². The number of fused-ring (bicyclic) bond motifs is 1. The third-order valence-electron chi connectivity index (χ3n) is 5.88. The summed E-state index contributed by atoms with van der Waals surface area (Å²) in [6, 6.07) is 5.79. The Balaban J connectivity index is 1.51. The molecule has 0 radical (unpaired) electrons. The molecule has 168 valence electrons. The Bertz CT molecular complexity index is 1130. The third kappa shape index (κ3) is 3.89. The first-order valence-electron chi connectivity index (χ1n) is 10.4. The average molecular weight is 439 g/mol. The number of hydrogen-bond donors (Lipinski definition) is 2. The van der Waals surface area contributed by atoms with Crippen LogP contribution in [-0.4, -0.2) is 52.3 Å². The minimum atomic E-state index is -0.299. The lowest BCUT2D eigenvalue weighted by Crippen LogP contribution is -2.49. The fourth-order valence-corrected chi connectivity index (χ4v) is 3.91. The van der Waals surface area contributed by atoms with Crippen LogP contribution in [0.4, 0.5) is 21.8 Å². The third-order valence-corrected chi connectivity index (χ3v) is 5.88. The molecule has 10 heteroatoms. The van der Waals surface area contributed by atoms with Crippen molar-refractivity contribution in [3.63, 3.8) is 0 Å². The summed E-state index contributed by atoms with van der Waals surface area (Å²) >= 11 is 0. The van der Waals surface area contributed by atoms with Crippen molar-refractivity contribution in [2.24, 2.45) is 5.73 Å². The van der Waals surface area contributed by atoms with E-state index in [4.69, 9.17) is 5.73 Å². The van der Waals surface area contributed by atoms with Crippen LogP contribution in [0.25, 0.3) is 0 Å². The first-order chi connectivity index (χ1) is 15.3. The van der Waals surface area contributed by atoms with Crippen LogP contribution in [0.1, 0.15) is 29.8 Å². The van der Waals surface area contributed by atoms with Gasteiger partial charge in [-0.05, 0) is 31.5 Å². The van der Waals surface area contributed by atoms with Crippen molar-refractivity contribution in [2.75, 3.05) is 35.8 Å². The van der Waals surface area contributed by atoms with E-state index in [1.807, 2.05) is 32.0 Å². The van der Waals surface area contributed by atoms with E-state index in [-0.39, 0.29) is 23.8 Å². The number of amides is 1. The Morgan fingerprint density at radius 2 is 1.94 bits per heavy atom. The molecule has 0 fully saturated rings. The minimum absolute atomic E-state index is 0.00966. The van der Waals surface area contributed by atoms with Crippen molar-refractivity contribution in [3.8, 4) is 0 Å². The van der Waals surface area contributed by atoms with Crippen LogP contribution in [0.15, 0.2) is 36.7 Å². The predicted molar refractivity (Wildman–Crippen MR) is 121 cm³/mol. The lowest BCUT2D eigenvalue weighted by atomic mass is 10.1. The number of benzene rings is 1. The minimum Gasteiger partial charge on any atom is -0.350 e. The van der Waals surface area contributed by atoms with Gasteiger partial charge in [-0.3, -0.25) is 9.48 Å².